The number of rotatable bonds is 4. The molecule has 0 atom stereocenters. The van der Waals surface area contributed by atoms with Gasteiger partial charge in [-0.1, -0.05) is 133 Å². The smallest absolute Gasteiger partial charge is 0.216 e. The molecule has 0 spiro atoms. The molecule has 0 amide bonds. The molecular weight excluding hydrogens is 423 g/mol. The Labute approximate surface area is 207 Å². The first-order valence-electron chi connectivity index (χ1n) is 12.0. The second kappa shape index (κ2) is 10.7. The monoisotopic (exact) mass is 450 g/mol. The summed E-state index contributed by atoms with van der Waals surface area (Å²) >= 11 is 0. The highest BCUT2D eigenvalue weighted by Gasteiger charge is 2.30. The maximum absolute atomic E-state index is 5.21. The molecule has 168 valence electrons. The third-order valence-corrected chi connectivity index (χ3v) is 6.67. The molecule has 0 radical (unpaired) electrons. The van der Waals surface area contributed by atoms with Gasteiger partial charge in [0.2, 0.25) is 0 Å². The van der Waals surface area contributed by atoms with E-state index in [-0.39, 0.29) is 0 Å². The highest BCUT2D eigenvalue weighted by molar-refractivity contribution is 7.19. The summed E-state index contributed by atoms with van der Waals surface area (Å²) in [5, 5.41) is 1.14. The predicted octanol–water partition coefficient (Wildman–Crippen LogP) is 5.78. The van der Waals surface area contributed by atoms with Crippen molar-refractivity contribution in [3.8, 4) is 0 Å². The molecule has 0 aliphatic rings. The Bertz CT molecular complexity index is 1240. The van der Waals surface area contributed by atoms with Crippen LogP contribution in [0.4, 0.5) is 0 Å². The van der Waals surface area contributed by atoms with Crippen molar-refractivity contribution < 1.29 is 4.42 Å². The van der Waals surface area contributed by atoms with E-state index < -0.39 is 6.15 Å². The number of benzene rings is 5. The van der Waals surface area contributed by atoms with E-state index in [0.717, 1.165) is 11.0 Å². The van der Waals surface area contributed by atoms with Crippen LogP contribution in [0, 0.1) is 0 Å². The standard InChI is InChI=1S/C24H20B.C9H7O/c1-5-13-21(14-6-1)25(22-15-7-2-8-16-22,23-17-9-3-10-18-23)24-19-11-4-12-20-24;1-2-6-9-8(4-1)5-3-7-10-9/h1-20H;1-7H/q-1;+1. The summed E-state index contributed by atoms with van der Waals surface area (Å²) in [7, 11) is 0. The van der Waals surface area contributed by atoms with Gasteiger partial charge in [-0.3, -0.25) is 0 Å². The third kappa shape index (κ3) is 4.65. The van der Waals surface area contributed by atoms with Gasteiger partial charge in [0.1, 0.15) is 6.15 Å². The first kappa shape index (κ1) is 22.4. The van der Waals surface area contributed by atoms with Crippen molar-refractivity contribution in [2.24, 2.45) is 0 Å². The van der Waals surface area contributed by atoms with Crippen molar-refractivity contribution in [2.75, 3.05) is 0 Å². The maximum atomic E-state index is 5.21. The highest BCUT2D eigenvalue weighted by Crippen LogP contribution is 2.11. The summed E-state index contributed by atoms with van der Waals surface area (Å²) in [5.74, 6) is 0. The van der Waals surface area contributed by atoms with Crippen LogP contribution in [-0.4, -0.2) is 6.15 Å². The molecule has 0 N–H and O–H groups in total. The average Bonchev–Trinajstić information content (AvgIpc) is 2.96. The quantitative estimate of drug-likeness (QED) is 0.245. The van der Waals surface area contributed by atoms with E-state index in [2.05, 4.69) is 121 Å². The molecule has 5 aromatic carbocycles. The van der Waals surface area contributed by atoms with E-state index in [1.54, 1.807) is 6.26 Å². The molecule has 6 aromatic rings. The van der Waals surface area contributed by atoms with Crippen LogP contribution < -0.4 is 21.9 Å². The third-order valence-electron chi connectivity index (χ3n) is 6.67. The van der Waals surface area contributed by atoms with Crippen molar-refractivity contribution >= 4 is 39.0 Å². The van der Waals surface area contributed by atoms with Crippen LogP contribution >= 0.6 is 0 Å². The van der Waals surface area contributed by atoms with Crippen LogP contribution in [-0.2, 0) is 0 Å². The molecule has 1 aromatic heterocycles. The van der Waals surface area contributed by atoms with Gasteiger partial charge < -0.3 is 0 Å². The highest BCUT2D eigenvalue weighted by atomic mass is 16.3. The zero-order chi connectivity index (χ0) is 23.8. The lowest BCUT2D eigenvalue weighted by atomic mass is 9.13. The van der Waals surface area contributed by atoms with Gasteiger partial charge in [-0.2, -0.15) is 21.9 Å². The summed E-state index contributed by atoms with van der Waals surface area (Å²) < 4.78 is 5.21. The van der Waals surface area contributed by atoms with Crippen molar-refractivity contribution in [2.45, 2.75) is 0 Å². The van der Waals surface area contributed by atoms with Gasteiger partial charge in [-0.15, -0.1) is 0 Å². The molecule has 2 heteroatoms. The molecule has 6 rings (SSSR count). The van der Waals surface area contributed by atoms with Crippen LogP contribution in [0.5, 0.6) is 0 Å². The Morgan fingerprint density at radius 3 is 1.09 bits per heavy atom. The van der Waals surface area contributed by atoms with Gasteiger partial charge in [0.25, 0.3) is 0 Å². The lowest BCUT2D eigenvalue weighted by Gasteiger charge is -2.44. The minimum absolute atomic E-state index is 0.935. The van der Waals surface area contributed by atoms with Gasteiger partial charge in [-0.05, 0) is 12.1 Å². The van der Waals surface area contributed by atoms with E-state index in [1.165, 1.54) is 21.9 Å². The van der Waals surface area contributed by atoms with E-state index in [1.807, 2.05) is 36.4 Å². The Morgan fingerprint density at radius 2 is 0.686 bits per heavy atom. The zero-order valence-electron chi connectivity index (χ0n) is 19.6. The van der Waals surface area contributed by atoms with Crippen molar-refractivity contribution in [1.82, 2.24) is 0 Å². The molecule has 0 saturated heterocycles. The number of para-hydroxylation sites is 1. The molecule has 1 heterocycles. The maximum Gasteiger partial charge on any atom is 0.359 e. The van der Waals surface area contributed by atoms with Gasteiger partial charge in [0.05, 0.1) is 5.39 Å². The average molecular weight is 450 g/mol. The molecular formula is C33H27BO. The van der Waals surface area contributed by atoms with Crippen LogP contribution in [0.1, 0.15) is 0 Å². The lowest BCUT2D eigenvalue weighted by molar-refractivity contribution is 0.604. The molecule has 1 nitrogen and oxygen atoms in total. The Balaban J connectivity index is 0.000000211. The van der Waals surface area contributed by atoms with Gasteiger partial charge in [-0.25, -0.2) is 4.42 Å². The van der Waals surface area contributed by atoms with Crippen molar-refractivity contribution in [3.63, 3.8) is 0 Å². The number of hydrogen-bond donors (Lipinski definition) is 0. The molecule has 0 aliphatic heterocycles. The van der Waals surface area contributed by atoms with E-state index in [9.17, 15) is 0 Å². The van der Waals surface area contributed by atoms with E-state index in [0.29, 0.717) is 0 Å². The molecule has 35 heavy (non-hydrogen) atoms. The minimum atomic E-state index is -1.22. The molecule has 0 bridgehead atoms. The topological polar surface area (TPSA) is 11.3 Å². The van der Waals surface area contributed by atoms with E-state index >= 15 is 0 Å². The van der Waals surface area contributed by atoms with E-state index in [4.69, 9.17) is 4.42 Å². The molecule has 0 aliphatic carbocycles. The molecule has 0 saturated carbocycles. The Kier molecular flexibility index (Phi) is 6.82. The van der Waals surface area contributed by atoms with Crippen LogP contribution in [0.15, 0.2) is 168 Å². The molecule has 0 fully saturated rings. The largest absolute Gasteiger partial charge is 0.359 e. The number of fused-ring (bicyclic) bond motifs is 1. The van der Waals surface area contributed by atoms with Gasteiger partial charge in [0, 0.05) is 12.1 Å². The van der Waals surface area contributed by atoms with Crippen molar-refractivity contribution in [3.05, 3.63) is 164 Å². The normalized spacial score (nSPS) is 10.9. The molecule has 0 unspecified atom stereocenters. The van der Waals surface area contributed by atoms with Crippen molar-refractivity contribution in [1.29, 1.82) is 0 Å². The number of hydrogen-bond acceptors (Lipinski definition) is 0. The van der Waals surface area contributed by atoms with Crippen LogP contribution in [0.2, 0.25) is 0 Å². The summed E-state index contributed by atoms with van der Waals surface area (Å²) in [5.41, 5.74) is 6.29. The summed E-state index contributed by atoms with van der Waals surface area (Å²) in [6.07, 6.45) is 0.467. The SMILES string of the molecule is c1ccc([B-](c2ccccc2)(c2ccccc2)c2ccccc2)cc1.c1ccc2[o+]cccc2c1. The summed E-state index contributed by atoms with van der Waals surface area (Å²) in [6.45, 7) is 0. The second-order valence-corrected chi connectivity index (χ2v) is 8.66. The predicted molar refractivity (Wildman–Crippen MR) is 151 cm³/mol. The fourth-order valence-electron chi connectivity index (χ4n) is 5.10. The lowest BCUT2D eigenvalue weighted by Crippen LogP contribution is -2.74. The van der Waals surface area contributed by atoms with Gasteiger partial charge in [0.15, 0.2) is 0 Å². The summed E-state index contributed by atoms with van der Waals surface area (Å²) in [6, 6.07) is 55.4. The first-order valence-corrected chi connectivity index (χ1v) is 12.0. The zero-order valence-corrected chi connectivity index (χ0v) is 19.6. The van der Waals surface area contributed by atoms with Crippen LogP contribution in [0.3, 0.4) is 0 Å². The fraction of sp³-hybridized carbons (Fsp3) is 0. The minimum Gasteiger partial charge on any atom is -0.216 e. The summed E-state index contributed by atoms with van der Waals surface area (Å²) in [4.78, 5) is 0. The first-order chi connectivity index (χ1) is 17.4. The Hall–Kier alpha value is -4.43. The Morgan fingerprint density at radius 1 is 0.343 bits per heavy atom. The fourth-order valence-corrected chi connectivity index (χ4v) is 5.10. The van der Waals surface area contributed by atoms with Gasteiger partial charge >= 0.3 is 11.8 Å². The van der Waals surface area contributed by atoms with Crippen LogP contribution in [0.25, 0.3) is 11.0 Å². The second-order valence-electron chi connectivity index (χ2n) is 8.66.